The van der Waals surface area contributed by atoms with Crippen molar-refractivity contribution in [2.24, 2.45) is 0 Å². The minimum atomic E-state index is 0.0228. The number of carbonyl (C=O) groups excluding carboxylic acids is 1. The molecular weight excluding hydrogens is 374 g/mol. The van der Waals surface area contributed by atoms with E-state index in [9.17, 15) is 4.79 Å². The number of thiazole rings is 1. The Morgan fingerprint density at radius 1 is 1.22 bits per heavy atom. The van der Waals surface area contributed by atoms with Crippen LogP contribution in [0.3, 0.4) is 0 Å². The molecule has 0 fully saturated rings. The van der Waals surface area contributed by atoms with E-state index in [0.717, 1.165) is 37.9 Å². The van der Waals surface area contributed by atoms with Gasteiger partial charge in [0.25, 0.3) is 5.91 Å². The molecule has 0 bridgehead atoms. The molecule has 0 radical (unpaired) electrons. The maximum atomic E-state index is 13.4. The van der Waals surface area contributed by atoms with Crippen molar-refractivity contribution >= 4 is 44.4 Å². The molecule has 1 aromatic heterocycles. The molecule has 1 N–H and O–H groups in total. The molecule has 0 aliphatic carbocycles. The Morgan fingerprint density at radius 2 is 1.96 bits per heavy atom. The Bertz CT molecular complexity index is 965. The number of fused-ring (bicyclic) bond motifs is 1. The number of carbonyl (C=O) groups is 1. The first kappa shape index (κ1) is 19.9. The van der Waals surface area contributed by atoms with Crippen molar-refractivity contribution in [3.8, 4) is 0 Å². The summed E-state index contributed by atoms with van der Waals surface area (Å²) in [5.74, 6) is 0.0228. The number of thioether (sulfide) groups is 1. The highest BCUT2D eigenvalue weighted by molar-refractivity contribution is 7.98. The van der Waals surface area contributed by atoms with Crippen LogP contribution in [-0.2, 0) is 0 Å². The number of nitrogens with zero attached hydrogens (tertiary/aromatic N) is 2. The minimum absolute atomic E-state index is 0.0228. The van der Waals surface area contributed by atoms with E-state index in [-0.39, 0.29) is 5.91 Å². The standard InChI is InChI=1S/C21H25N3OS2/c1-14-12-15(2)19-18(13-14)27-21(22-19)24(11-10-23(3)4)20(25)16-8-6-7-9-17(16)26-5/h6-9,12-13H,10-11H2,1-5H3/p+1. The number of aryl methyl sites for hydroxylation is 2. The molecule has 0 unspecified atom stereocenters. The Kier molecular flexibility index (Phi) is 6.19. The average Bonchev–Trinajstić information content (AvgIpc) is 3.05. The van der Waals surface area contributed by atoms with Crippen LogP contribution in [0.4, 0.5) is 5.13 Å². The molecule has 2 aromatic carbocycles. The minimum Gasteiger partial charge on any atom is -0.338 e. The Hall–Kier alpha value is -1.89. The molecule has 6 heteroatoms. The van der Waals surface area contributed by atoms with E-state index in [1.807, 2.05) is 35.4 Å². The fraction of sp³-hybridized carbons (Fsp3) is 0.333. The number of aromatic nitrogens is 1. The fourth-order valence-corrected chi connectivity index (χ4v) is 4.82. The van der Waals surface area contributed by atoms with Gasteiger partial charge >= 0.3 is 0 Å². The highest BCUT2D eigenvalue weighted by Crippen LogP contribution is 2.33. The van der Waals surface area contributed by atoms with Gasteiger partial charge in [0.1, 0.15) is 0 Å². The van der Waals surface area contributed by atoms with Gasteiger partial charge in [-0.25, -0.2) is 4.98 Å². The number of quaternary nitrogens is 1. The first-order valence-corrected chi connectivity index (χ1v) is 11.1. The topological polar surface area (TPSA) is 37.6 Å². The maximum absolute atomic E-state index is 13.4. The van der Waals surface area contributed by atoms with Crippen molar-refractivity contribution in [2.75, 3.05) is 38.3 Å². The SMILES string of the molecule is CSc1ccccc1C(=O)N(CC[NH+](C)C)c1nc2c(C)cc(C)cc2s1. The normalized spacial score (nSPS) is 11.3. The van der Waals surface area contributed by atoms with E-state index in [1.165, 1.54) is 10.5 Å². The van der Waals surface area contributed by atoms with Gasteiger partial charge in [-0.1, -0.05) is 29.5 Å². The van der Waals surface area contributed by atoms with Crippen LogP contribution in [0.5, 0.6) is 0 Å². The molecule has 142 valence electrons. The number of rotatable bonds is 6. The lowest BCUT2D eigenvalue weighted by Gasteiger charge is -2.21. The number of hydrogen-bond acceptors (Lipinski definition) is 4. The summed E-state index contributed by atoms with van der Waals surface area (Å²) in [5.41, 5.74) is 4.11. The molecule has 3 aromatic rings. The Labute approximate surface area is 169 Å². The van der Waals surface area contributed by atoms with Crippen molar-refractivity contribution in [1.82, 2.24) is 4.98 Å². The molecular formula is C21H26N3OS2+. The number of likely N-dealkylation sites (N-methyl/N-ethyl adjacent to an activating group) is 1. The van der Waals surface area contributed by atoms with Crippen molar-refractivity contribution in [3.63, 3.8) is 0 Å². The highest BCUT2D eigenvalue weighted by Gasteiger charge is 2.24. The van der Waals surface area contributed by atoms with Crippen molar-refractivity contribution in [1.29, 1.82) is 0 Å². The van der Waals surface area contributed by atoms with Crippen LogP contribution in [0.15, 0.2) is 41.3 Å². The van der Waals surface area contributed by atoms with Crippen molar-refractivity contribution in [2.45, 2.75) is 18.7 Å². The predicted molar refractivity (Wildman–Crippen MR) is 117 cm³/mol. The molecule has 0 saturated heterocycles. The van der Waals surface area contributed by atoms with Gasteiger partial charge in [-0.05, 0) is 49.4 Å². The van der Waals surface area contributed by atoms with Crippen LogP contribution in [-0.4, -0.2) is 44.3 Å². The zero-order valence-electron chi connectivity index (χ0n) is 16.5. The van der Waals surface area contributed by atoms with Gasteiger partial charge in [0.2, 0.25) is 0 Å². The lowest BCUT2D eigenvalue weighted by Crippen LogP contribution is -3.06. The van der Waals surface area contributed by atoms with Gasteiger partial charge in [-0.15, -0.1) is 11.8 Å². The van der Waals surface area contributed by atoms with Gasteiger partial charge in [0.15, 0.2) is 5.13 Å². The Balaban J connectivity index is 2.06. The van der Waals surface area contributed by atoms with E-state index in [0.29, 0.717) is 6.54 Å². The van der Waals surface area contributed by atoms with Crippen LogP contribution < -0.4 is 9.80 Å². The van der Waals surface area contributed by atoms with E-state index < -0.39 is 0 Å². The summed E-state index contributed by atoms with van der Waals surface area (Å²) in [5, 5.41) is 0.779. The van der Waals surface area contributed by atoms with Gasteiger partial charge < -0.3 is 4.90 Å². The second-order valence-corrected chi connectivity index (χ2v) is 8.90. The van der Waals surface area contributed by atoms with E-state index in [4.69, 9.17) is 4.98 Å². The largest absolute Gasteiger partial charge is 0.338 e. The molecule has 0 aliphatic rings. The number of nitrogens with one attached hydrogen (secondary N) is 1. The number of amides is 1. The molecule has 0 aliphatic heterocycles. The third kappa shape index (κ3) is 4.34. The summed E-state index contributed by atoms with van der Waals surface area (Å²) in [4.78, 5) is 22.4. The summed E-state index contributed by atoms with van der Waals surface area (Å²) in [6.07, 6.45) is 2.00. The van der Waals surface area contributed by atoms with Crippen molar-refractivity contribution < 1.29 is 9.69 Å². The first-order chi connectivity index (χ1) is 12.9. The second-order valence-electron chi connectivity index (χ2n) is 7.04. The zero-order chi connectivity index (χ0) is 19.6. The average molecular weight is 401 g/mol. The molecule has 0 spiro atoms. The molecule has 0 saturated carbocycles. The van der Waals surface area contributed by atoms with E-state index in [2.05, 4.69) is 40.1 Å². The summed E-state index contributed by atoms with van der Waals surface area (Å²) in [6, 6.07) is 12.1. The summed E-state index contributed by atoms with van der Waals surface area (Å²) in [6.45, 7) is 5.68. The van der Waals surface area contributed by atoms with Gasteiger partial charge in [0.05, 0.1) is 43.0 Å². The quantitative estimate of drug-likeness (QED) is 0.644. The summed E-state index contributed by atoms with van der Waals surface area (Å²) >= 11 is 3.20. The maximum Gasteiger partial charge on any atom is 0.261 e. The number of hydrogen-bond donors (Lipinski definition) is 1. The van der Waals surface area contributed by atoms with Crippen LogP contribution in [0, 0.1) is 13.8 Å². The lowest BCUT2D eigenvalue weighted by molar-refractivity contribution is -0.856. The molecule has 0 atom stereocenters. The molecule has 4 nitrogen and oxygen atoms in total. The fourth-order valence-electron chi connectivity index (χ4n) is 3.06. The molecule has 27 heavy (non-hydrogen) atoms. The smallest absolute Gasteiger partial charge is 0.261 e. The molecule has 1 heterocycles. The van der Waals surface area contributed by atoms with E-state index >= 15 is 0 Å². The molecule has 1 amide bonds. The summed E-state index contributed by atoms with van der Waals surface area (Å²) in [7, 11) is 4.20. The van der Waals surface area contributed by atoms with Crippen LogP contribution >= 0.6 is 23.1 Å². The first-order valence-electron chi connectivity index (χ1n) is 9.02. The zero-order valence-corrected chi connectivity index (χ0v) is 18.1. The van der Waals surface area contributed by atoms with Crippen LogP contribution in [0.25, 0.3) is 10.2 Å². The van der Waals surface area contributed by atoms with Crippen LogP contribution in [0.1, 0.15) is 21.5 Å². The van der Waals surface area contributed by atoms with Gasteiger partial charge in [0, 0.05) is 4.90 Å². The third-order valence-corrected chi connectivity index (χ3v) is 6.29. The number of benzene rings is 2. The van der Waals surface area contributed by atoms with E-state index in [1.54, 1.807) is 23.1 Å². The van der Waals surface area contributed by atoms with Crippen molar-refractivity contribution in [3.05, 3.63) is 53.1 Å². The lowest BCUT2D eigenvalue weighted by atomic mass is 10.1. The van der Waals surface area contributed by atoms with Gasteiger partial charge in [-0.2, -0.15) is 0 Å². The Morgan fingerprint density at radius 3 is 2.67 bits per heavy atom. The monoisotopic (exact) mass is 400 g/mol. The summed E-state index contributed by atoms with van der Waals surface area (Å²) < 4.78 is 1.13. The predicted octanol–water partition coefficient (Wildman–Crippen LogP) is 3.43. The number of anilines is 1. The molecule has 3 rings (SSSR count). The van der Waals surface area contributed by atoms with Crippen LogP contribution in [0.2, 0.25) is 0 Å². The van der Waals surface area contributed by atoms with Gasteiger partial charge in [-0.3, -0.25) is 9.69 Å². The second kappa shape index (κ2) is 8.42. The highest BCUT2D eigenvalue weighted by atomic mass is 32.2. The third-order valence-electron chi connectivity index (χ3n) is 4.47.